The lowest BCUT2D eigenvalue weighted by Crippen LogP contribution is -2.57. The molecule has 18 heavy (non-hydrogen) atoms. The van der Waals surface area contributed by atoms with Crippen molar-refractivity contribution in [2.24, 2.45) is 5.92 Å². The molecule has 5 nitrogen and oxygen atoms in total. The van der Waals surface area contributed by atoms with Gasteiger partial charge in [0.25, 0.3) is 0 Å². The fourth-order valence-corrected chi connectivity index (χ4v) is 2.64. The minimum atomic E-state index is -1.07. The third kappa shape index (κ3) is 2.18. The highest BCUT2D eigenvalue weighted by molar-refractivity contribution is 5.92. The normalized spacial score (nSPS) is 27.1. The standard InChI is InChI=1S/C13H19NO4/c1-4-14(5-2)13(3)9(11(15)16)7-6-8-10(13)12(17)18/h6-9H,4-5H2,1-3H3,(H,15,16)(H,17,18). The summed E-state index contributed by atoms with van der Waals surface area (Å²) in [5.41, 5.74) is -0.892. The van der Waals surface area contributed by atoms with Gasteiger partial charge in [-0.05, 0) is 20.0 Å². The molecule has 0 radical (unpaired) electrons. The number of nitrogens with zero attached hydrogens (tertiary/aromatic N) is 1. The van der Waals surface area contributed by atoms with E-state index in [9.17, 15) is 19.8 Å². The van der Waals surface area contributed by atoms with Crippen LogP contribution in [0.2, 0.25) is 0 Å². The van der Waals surface area contributed by atoms with Crippen LogP contribution in [0, 0.1) is 5.92 Å². The van der Waals surface area contributed by atoms with Crippen LogP contribution < -0.4 is 0 Å². The lowest BCUT2D eigenvalue weighted by atomic mass is 9.74. The number of hydrogen-bond donors (Lipinski definition) is 2. The van der Waals surface area contributed by atoms with Crippen molar-refractivity contribution in [3.8, 4) is 0 Å². The number of hydrogen-bond acceptors (Lipinski definition) is 3. The van der Waals surface area contributed by atoms with Gasteiger partial charge in [0, 0.05) is 0 Å². The highest BCUT2D eigenvalue weighted by Gasteiger charge is 2.48. The summed E-state index contributed by atoms with van der Waals surface area (Å²) in [4.78, 5) is 24.6. The fraction of sp³-hybridized carbons (Fsp3) is 0.538. The predicted molar refractivity (Wildman–Crippen MR) is 67.3 cm³/mol. The molecule has 2 unspecified atom stereocenters. The first kappa shape index (κ1) is 14.4. The van der Waals surface area contributed by atoms with Gasteiger partial charge in [-0.25, -0.2) is 4.79 Å². The van der Waals surface area contributed by atoms with Crippen molar-refractivity contribution in [2.75, 3.05) is 13.1 Å². The average molecular weight is 253 g/mol. The minimum Gasteiger partial charge on any atom is -0.481 e. The van der Waals surface area contributed by atoms with Crippen LogP contribution in [0.5, 0.6) is 0 Å². The molecular weight excluding hydrogens is 234 g/mol. The molecule has 2 atom stereocenters. The van der Waals surface area contributed by atoms with E-state index in [0.29, 0.717) is 13.1 Å². The van der Waals surface area contributed by atoms with E-state index in [1.165, 1.54) is 12.2 Å². The lowest BCUT2D eigenvalue weighted by Gasteiger charge is -2.44. The van der Waals surface area contributed by atoms with Crippen LogP contribution in [0.25, 0.3) is 0 Å². The highest BCUT2D eigenvalue weighted by atomic mass is 16.4. The summed E-state index contributed by atoms with van der Waals surface area (Å²) in [6, 6.07) is 0. The molecule has 0 heterocycles. The van der Waals surface area contributed by atoms with Crippen LogP contribution in [-0.4, -0.2) is 45.7 Å². The van der Waals surface area contributed by atoms with Gasteiger partial charge in [0.15, 0.2) is 0 Å². The number of rotatable bonds is 5. The molecule has 0 spiro atoms. The SMILES string of the molecule is CCN(CC)C1(C)C(C(=O)O)=CC=CC1C(=O)O. The maximum atomic E-state index is 11.4. The first-order valence-corrected chi connectivity index (χ1v) is 5.99. The Hall–Kier alpha value is -1.62. The quantitative estimate of drug-likeness (QED) is 0.773. The van der Waals surface area contributed by atoms with Crippen LogP contribution >= 0.6 is 0 Å². The summed E-state index contributed by atoms with van der Waals surface area (Å²) in [5, 5.41) is 18.6. The first-order valence-electron chi connectivity index (χ1n) is 5.99. The van der Waals surface area contributed by atoms with E-state index in [4.69, 9.17) is 0 Å². The van der Waals surface area contributed by atoms with Crippen LogP contribution in [0.1, 0.15) is 20.8 Å². The van der Waals surface area contributed by atoms with Gasteiger partial charge in [0.05, 0.1) is 17.0 Å². The third-order valence-corrected chi connectivity index (χ3v) is 3.63. The Morgan fingerprint density at radius 2 is 1.89 bits per heavy atom. The first-order chi connectivity index (χ1) is 8.39. The monoisotopic (exact) mass is 253 g/mol. The van der Waals surface area contributed by atoms with Crippen LogP contribution in [-0.2, 0) is 9.59 Å². The zero-order valence-electron chi connectivity index (χ0n) is 10.9. The summed E-state index contributed by atoms with van der Waals surface area (Å²) >= 11 is 0. The number of carboxylic acid groups (broad SMARTS) is 2. The van der Waals surface area contributed by atoms with Gasteiger partial charge >= 0.3 is 11.9 Å². The maximum absolute atomic E-state index is 11.4. The molecule has 0 aromatic carbocycles. The summed E-state index contributed by atoms with van der Waals surface area (Å²) in [7, 11) is 0. The largest absolute Gasteiger partial charge is 0.481 e. The van der Waals surface area contributed by atoms with Gasteiger partial charge in [-0.15, -0.1) is 0 Å². The highest BCUT2D eigenvalue weighted by Crippen LogP contribution is 2.36. The molecule has 0 saturated heterocycles. The Morgan fingerprint density at radius 1 is 1.33 bits per heavy atom. The van der Waals surface area contributed by atoms with Crippen molar-refractivity contribution in [2.45, 2.75) is 26.3 Å². The van der Waals surface area contributed by atoms with E-state index < -0.39 is 23.4 Å². The summed E-state index contributed by atoms with van der Waals surface area (Å²) in [5.74, 6) is -2.93. The molecule has 1 aliphatic rings. The third-order valence-electron chi connectivity index (χ3n) is 3.63. The zero-order valence-corrected chi connectivity index (χ0v) is 10.9. The second-order valence-corrected chi connectivity index (χ2v) is 4.41. The molecule has 1 aliphatic carbocycles. The van der Waals surface area contributed by atoms with Crippen molar-refractivity contribution >= 4 is 11.9 Å². The number of carbonyl (C=O) groups is 2. The van der Waals surface area contributed by atoms with Gasteiger partial charge < -0.3 is 10.2 Å². The van der Waals surface area contributed by atoms with Crippen LogP contribution in [0.4, 0.5) is 0 Å². The Bertz CT molecular complexity index is 409. The van der Waals surface area contributed by atoms with Crippen molar-refractivity contribution in [1.82, 2.24) is 4.90 Å². The number of aliphatic carboxylic acids is 2. The molecule has 5 heteroatoms. The van der Waals surface area contributed by atoms with Crippen LogP contribution in [0.3, 0.4) is 0 Å². The zero-order chi connectivity index (χ0) is 13.9. The van der Waals surface area contributed by atoms with Crippen molar-refractivity contribution in [3.05, 3.63) is 23.8 Å². The average Bonchev–Trinajstić information content (AvgIpc) is 2.29. The Morgan fingerprint density at radius 3 is 2.28 bits per heavy atom. The van der Waals surface area contributed by atoms with E-state index in [0.717, 1.165) is 0 Å². The number of allylic oxidation sites excluding steroid dienone is 2. The van der Waals surface area contributed by atoms with Gasteiger partial charge in [-0.2, -0.15) is 0 Å². The molecule has 0 aromatic heterocycles. The molecular formula is C13H19NO4. The second kappa shape index (κ2) is 5.35. The Balaban J connectivity index is 3.35. The lowest BCUT2D eigenvalue weighted by molar-refractivity contribution is -0.145. The van der Waals surface area contributed by atoms with Crippen molar-refractivity contribution in [3.63, 3.8) is 0 Å². The topological polar surface area (TPSA) is 77.8 Å². The van der Waals surface area contributed by atoms with E-state index in [-0.39, 0.29) is 5.57 Å². The molecule has 1 rings (SSSR count). The van der Waals surface area contributed by atoms with E-state index in [1.807, 2.05) is 18.7 Å². The molecule has 0 saturated carbocycles. The molecule has 100 valence electrons. The van der Waals surface area contributed by atoms with Gasteiger partial charge in [0.2, 0.25) is 0 Å². The maximum Gasteiger partial charge on any atom is 0.333 e. The fourth-order valence-electron chi connectivity index (χ4n) is 2.64. The smallest absolute Gasteiger partial charge is 0.333 e. The molecule has 0 amide bonds. The molecule has 0 aliphatic heterocycles. The minimum absolute atomic E-state index is 0.126. The van der Waals surface area contributed by atoms with E-state index >= 15 is 0 Å². The van der Waals surface area contributed by atoms with E-state index in [2.05, 4.69) is 0 Å². The van der Waals surface area contributed by atoms with E-state index in [1.54, 1.807) is 13.0 Å². The summed E-state index contributed by atoms with van der Waals surface area (Å²) in [6.07, 6.45) is 4.54. The number of likely N-dealkylation sites (N-methyl/N-ethyl adjacent to an activating group) is 1. The van der Waals surface area contributed by atoms with Crippen LogP contribution in [0.15, 0.2) is 23.8 Å². The molecule has 0 fully saturated rings. The van der Waals surface area contributed by atoms with Gasteiger partial charge in [-0.3, -0.25) is 9.69 Å². The predicted octanol–water partition coefficient (Wildman–Crippen LogP) is 1.37. The second-order valence-electron chi connectivity index (χ2n) is 4.41. The summed E-state index contributed by atoms with van der Waals surface area (Å²) < 4.78 is 0. The number of carboxylic acids is 2. The van der Waals surface area contributed by atoms with Gasteiger partial charge in [0.1, 0.15) is 0 Å². The molecule has 2 N–H and O–H groups in total. The molecule has 0 aromatic rings. The molecule has 0 bridgehead atoms. The Labute approximate surface area is 106 Å². The van der Waals surface area contributed by atoms with Crippen molar-refractivity contribution < 1.29 is 19.8 Å². The Kier molecular flexibility index (Phi) is 4.29. The summed E-state index contributed by atoms with van der Waals surface area (Å²) in [6.45, 7) is 6.66. The van der Waals surface area contributed by atoms with Gasteiger partial charge in [-0.1, -0.05) is 32.1 Å². The van der Waals surface area contributed by atoms with Crippen molar-refractivity contribution in [1.29, 1.82) is 0 Å².